The Morgan fingerprint density at radius 1 is 1.23 bits per heavy atom. The van der Waals surface area contributed by atoms with E-state index < -0.39 is 0 Å². The van der Waals surface area contributed by atoms with Crippen molar-refractivity contribution in [2.24, 2.45) is 5.92 Å². The molecule has 78 valence electrons. The molecule has 1 saturated carbocycles. The van der Waals surface area contributed by atoms with E-state index in [2.05, 4.69) is 38.0 Å². The van der Waals surface area contributed by atoms with Crippen molar-refractivity contribution in [1.29, 1.82) is 0 Å². The van der Waals surface area contributed by atoms with E-state index in [0.717, 1.165) is 5.92 Å². The van der Waals surface area contributed by atoms with Crippen LogP contribution in [0.1, 0.15) is 33.6 Å². The normalized spacial score (nSPS) is 25.6. The lowest BCUT2D eigenvalue weighted by atomic mass is 10.2. The number of hydrogen-bond acceptors (Lipinski definition) is 2. The summed E-state index contributed by atoms with van der Waals surface area (Å²) in [6.45, 7) is 10.1. The molecule has 0 atom stereocenters. The second-order valence-corrected chi connectivity index (χ2v) is 5.05. The average Bonchev–Trinajstić information content (AvgIpc) is 2.76. The Morgan fingerprint density at radius 2 is 1.77 bits per heavy atom. The zero-order valence-corrected chi connectivity index (χ0v) is 9.56. The number of hydrogen-bond donors (Lipinski definition) is 1. The van der Waals surface area contributed by atoms with E-state index in [0.29, 0.717) is 5.54 Å². The molecule has 2 nitrogen and oxygen atoms in total. The van der Waals surface area contributed by atoms with Crippen molar-refractivity contribution in [2.45, 2.75) is 39.2 Å². The van der Waals surface area contributed by atoms with Gasteiger partial charge in [-0.05, 0) is 25.8 Å². The van der Waals surface area contributed by atoms with Crippen molar-refractivity contribution < 1.29 is 0 Å². The lowest BCUT2D eigenvalue weighted by Gasteiger charge is -2.33. The summed E-state index contributed by atoms with van der Waals surface area (Å²) in [5, 5.41) is 3.43. The highest BCUT2D eigenvalue weighted by atomic mass is 15.3. The second kappa shape index (κ2) is 4.43. The lowest BCUT2D eigenvalue weighted by molar-refractivity contribution is 0.180. The Labute approximate surface area is 82.7 Å². The van der Waals surface area contributed by atoms with E-state index in [1.165, 1.54) is 32.5 Å². The van der Waals surface area contributed by atoms with E-state index >= 15 is 0 Å². The predicted molar refractivity (Wildman–Crippen MR) is 58.0 cm³/mol. The molecular weight excluding hydrogens is 160 g/mol. The maximum Gasteiger partial charge on any atom is 0.0332 e. The highest BCUT2D eigenvalue weighted by Crippen LogP contribution is 2.40. The van der Waals surface area contributed by atoms with Gasteiger partial charge >= 0.3 is 0 Å². The SMILES string of the molecule is CC(C)C.CN1CCNCC12CC2. The molecule has 1 spiro atoms. The minimum atomic E-state index is 0.609. The summed E-state index contributed by atoms with van der Waals surface area (Å²) in [4.78, 5) is 2.50. The van der Waals surface area contributed by atoms with Gasteiger partial charge in [-0.1, -0.05) is 20.8 Å². The fourth-order valence-electron chi connectivity index (χ4n) is 1.64. The molecule has 1 heterocycles. The molecule has 2 rings (SSSR count). The molecule has 0 aromatic rings. The molecule has 1 aliphatic carbocycles. The molecular formula is C11H24N2. The van der Waals surface area contributed by atoms with Crippen LogP contribution in [0.25, 0.3) is 0 Å². The molecule has 1 N–H and O–H groups in total. The first-order valence-electron chi connectivity index (χ1n) is 5.49. The van der Waals surface area contributed by atoms with Crippen LogP contribution in [0.2, 0.25) is 0 Å². The number of nitrogens with zero attached hydrogens (tertiary/aromatic N) is 1. The van der Waals surface area contributed by atoms with Crippen LogP contribution in [0.4, 0.5) is 0 Å². The van der Waals surface area contributed by atoms with Crippen LogP contribution >= 0.6 is 0 Å². The topological polar surface area (TPSA) is 15.3 Å². The Morgan fingerprint density at radius 3 is 2.08 bits per heavy atom. The first kappa shape index (κ1) is 11.0. The highest BCUT2D eigenvalue weighted by Gasteiger charge is 2.46. The van der Waals surface area contributed by atoms with Gasteiger partial charge < -0.3 is 5.32 Å². The Kier molecular flexibility index (Phi) is 3.74. The quantitative estimate of drug-likeness (QED) is 0.616. The van der Waals surface area contributed by atoms with Gasteiger partial charge in [0.1, 0.15) is 0 Å². The molecule has 0 bridgehead atoms. The van der Waals surface area contributed by atoms with Crippen molar-refractivity contribution in [3.63, 3.8) is 0 Å². The molecule has 0 amide bonds. The van der Waals surface area contributed by atoms with Gasteiger partial charge in [0.15, 0.2) is 0 Å². The van der Waals surface area contributed by atoms with E-state index in [4.69, 9.17) is 0 Å². The fraction of sp³-hybridized carbons (Fsp3) is 1.00. The molecule has 13 heavy (non-hydrogen) atoms. The average molecular weight is 184 g/mol. The van der Waals surface area contributed by atoms with Gasteiger partial charge in [-0.25, -0.2) is 0 Å². The minimum absolute atomic E-state index is 0.609. The van der Waals surface area contributed by atoms with Crippen molar-refractivity contribution in [3.8, 4) is 0 Å². The van der Waals surface area contributed by atoms with Crippen LogP contribution in [0, 0.1) is 5.92 Å². The summed E-state index contributed by atoms with van der Waals surface area (Å²) in [5.41, 5.74) is 0.609. The smallest absolute Gasteiger partial charge is 0.0332 e. The van der Waals surface area contributed by atoms with Crippen LogP contribution in [-0.2, 0) is 0 Å². The van der Waals surface area contributed by atoms with Crippen molar-refractivity contribution in [1.82, 2.24) is 10.2 Å². The second-order valence-electron chi connectivity index (χ2n) is 5.05. The van der Waals surface area contributed by atoms with Gasteiger partial charge in [0, 0.05) is 25.2 Å². The van der Waals surface area contributed by atoms with Gasteiger partial charge in [0.25, 0.3) is 0 Å². The molecule has 2 fully saturated rings. The highest BCUT2D eigenvalue weighted by molar-refractivity contribution is 5.06. The minimum Gasteiger partial charge on any atom is -0.314 e. The Balaban J connectivity index is 0.000000184. The summed E-state index contributed by atoms with van der Waals surface area (Å²) in [5.74, 6) is 0.833. The van der Waals surface area contributed by atoms with E-state index in [1.54, 1.807) is 0 Å². The van der Waals surface area contributed by atoms with Gasteiger partial charge in [-0.2, -0.15) is 0 Å². The molecule has 1 saturated heterocycles. The first-order valence-corrected chi connectivity index (χ1v) is 5.49. The molecule has 2 heteroatoms. The zero-order chi connectivity index (χ0) is 9.90. The van der Waals surface area contributed by atoms with Crippen LogP contribution in [0.3, 0.4) is 0 Å². The number of nitrogens with one attached hydrogen (secondary N) is 1. The molecule has 0 aromatic heterocycles. The maximum atomic E-state index is 3.43. The molecule has 2 aliphatic rings. The van der Waals surface area contributed by atoms with Gasteiger partial charge in [-0.15, -0.1) is 0 Å². The molecule has 1 aliphatic heterocycles. The third-order valence-corrected chi connectivity index (χ3v) is 2.71. The van der Waals surface area contributed by atoms with Gasteiger partial charge in [-0.3, -0.25) is 4.90 Å². The standard InChI is InChI=1S/C7H14N2.C4H10/c1-9-5-4-8-6-7(9)2-3-7;1-4(2)3/h8H,2-6H2,1H3;4H,1-3H3. The van der Waals surface area contributed by atoms with Crippen molar-refractivity contribution in [3.05, 3.63) is 0 Å². The van der Waals surface area contributed by atoms with Crippen LogP contribution in [-0.4, -0.2) is 37.1 Å². The monoisotopic (exact) mass is 184 g/mol. The first-order chi connectivity index (χ1) is 6.07. The largest absolute Gasteiger partial charge is 0.314 e. The third kappa shape index (κ3) is 3.28. The third-order valence-electron chi connectivity index (χ3n) is 2.71. The zero-order valence-electron chi connectivity index (χ0n) is 9.56. The Hall–Kier alpha value is -0.0800. The van der Waals surface area contributed by atoms with Crippen LogP contribution in [0.5, 0.6) is 0 Å². The molecule has 0 unspecified atom stereocenters. The maximum absolute atomic E-state index is 3.43. The van der Waals surface area contributed by atoms with Gasteiger partial charge in [0.2, 0.25) is 0 Å². The number of piperazine rings is 1. The van der Waals surface area contributed by atoms with E-state index in [-0.39, 0.29) is 0 Å². The van der Waals surface area contributed by atoms with Crippen LogP contribution in [0.15, 0.2) is 0 Å². The lowest BCUT2D eigenvalue weighted by Crippen LogP contribution is -2.51. The molecule has 0 aromatic carbocycles. The Bertz CT molecular complexity index is 147. The molecule has 0 radical (unpaired) electrons. The summed E-state index contributed by atoms with van der Waals surface area (Å²) in [6, 6.07) is 0. The van der Waals surface area contributed by atoms with E-state index in [9.17, 15) is 0 Å². The van der Waals surface area contributed by atoms with E-state index in [1.807, 2.05) is 0 Å². The van der Waals surface area contributed by atoms with Crippen LogP contribution < -0.4 is 5.32 Å². The summed E-state index contributed by atoms with van der Waals surface area (Å²) in [7, 11) is 2.24. The van der Waals surface area contributed by atoms with Gasteiger partial charge in [0.05, 0.1) is 0 Å². The van der Waals surface area contributed by atoms with Crippen molar-refractivity contribution in [2.75, 3.05) is 26.7 Å². The van der Waals surface area contributed by atoms with Crippen molar-refractivity contribution >= 4 is 0 Å². The summed E-state index contributed by atoms with van der Waals surface area (Å²) < 4.78 is 0. The summed E-state index contributed by atoms with van der Waals surface area (Å²) >= 11 is 0. The predicted octanol–water partition coefficient (Wildman–Crippen LogP) is 1.72. The summed E-state index contributed by atoms with van der Waals surface area (Å²) in [6.07, 6.45) is 2.83. The fourth-order valence-corrected chi connectivity index (χ4v) is 1.64. The number of likely N-dealkylation sites (N-methyl/N-ethyl adjacent to an activating group) is 1. The number of rotatable bonds is 0.